The molecule has 20 heavy (non-hydrogen) atoms. The van der Waals surface area contributed by atoms with E-state index in [9.17, 15) is 4.39 Å². The van der Waals surface area contributed by atoms with Crippen LogP contribution >= 0.6 is 0 Å². The van der Waals surface area contributed by atoms with E-state index in [1.54, 1.807) is 12.1 Å². The zero-order chi connectivity index (χ0) is 14.1. The molecule has 2 heteroatoms. The first-order chi connectivity index (χ1) is 9.63. The predicted octanol–water partition coefficient (Wildman–Crippen LogP) is 4.47. The Morgan fingerprint density at radius 1 is 1.15 bits per heavy atom. The van der Waals surface area contributed by atoms with Crippen molar-refractivity contribution in [3.63, 3.8) is 0 Å². The van der Waals surface area contributed by atoms with Crippen LogP contribution in [0.4, 0.5) is 4.39 Å². The van der Waals surface area contributed by atoms with Gasteiger partial charge in [0.25, 0.3) is 0 Å². The van der Waals surface area contributed by atoms with Crippen LogP contribution in [0.2, 0.25) is 0 Å². The van der Waals surface area contributed by atoms with Crippen LogP contribution < -0.4 is 5.32 Å². The summed E-state index contributed by atoms with van der Waals surface area (Å²) in [7, 11) is 0. The van der Waals surface area contributed by atoms with Gasteiger partial charge in [-0.05, 0) is 55.5 Å². The zero-order valence-electron chi connectivity index (χ0n) is 12.0. The highest BCUT2D eigenvalue weighted by atomic mass is 19.1. The maximum absolute atomic E-state index is 13.2. The summed E-state index contributed by atoms with van der Waals surface area (Å²) < 4.78 is 13.2. The summed E-state index contributed by atoms with van der Waals surface area (Å²) in [4.78, 5) is 0. The molecule has 2 aromatic rings. The Morgan fingerprint density at radius 3 is 2.65 bits per heavy atom. The molecule has 0 aromatic heterocycles. The third kappa shape index (κ3) is 2.61. The Labute approximate surface area is 119 Å². The molecule has 3 rings (SSSR count). The standard InChI is InChI=1S/C18H20FN/c1-12-3-5-14(6-4-12)13(2)20-18-10-7-15-11-16(19)8-9-17(15)18/h3-6,8-9,11,13,18,20H,7,10H2,1-2H3/t13-,18?/m1/s1. The van der Waals surface area contributed by atoms with E-state index < -0.39 is 0 Å². The summed E-state index contributed by atoms with van der Waals surface area (Å²) in [6, 6.07) is 14.4. The Bertz CT molecular complexity index is 603. The van der Waals surface area contributed by atoms with Gasteiger partial charge in [0.1, 0.15) is 5.82 Å². The summed E-state index contributed by atoms with van der Waals surface area (Å²) in [5.74, 6) is -0.129. The minimum atomic E-state index is -0.129. The third-order valence-electron chi connectivity index (χ3n) is 4.21. The van der Waals surface area contributed by atoms with Gasteiger partial charge in [0.05, 0.1) is 0 Å². The number of hydrogen-bond donors (Lipinski definition) is 1. The van der Waals surface area contributed by atoms with Gasteiger partial charge >= 0.3 is 0 Å². The normalized spacial score (nSPS) is 18.9. The van der Waals surface area contributed by atoms with E-state index in [4.69, 9.17) is 0 Å². The smallest absolute Gasteiger partial charge is 0.123 e. The van der Waals surface area contributed by atoms with E-state index in [0.29, 0.717) is 12.1 Å². The fourth-order valence-electron chi connectivity index (χ4n) is 3.01. The van der Waals surface area contributed by atoms with Gasteiger partial charge in [-0.2, -0.15) is 0 Å². The van der Waals surface area contributed by atoms with Crippen LogP contribution in [-0.4, -0.2) is 0 Å². The molecule has 0 heterocycles. The quantitative estimate of drug-likeness (QED) is 0.866. The zero-order valence-corrected chi connectivity index (χ0v) is 12.0. The van der Waals surface area contributed by atoms with Crippen molar-refractivity contribution in [1.82, 2.24) is 5.32 Å². The average molecular weight is 269 g/mol. The van der Waals surface area contributed by atoms with Gasteiger partial charge in [0.15, 0.2) is 0 Å². The van der Waals surface area contributed by atoms with E-state index in [1.807, 2.05) is 6.07 Å². The third-order valence-corrected chi connectivity index (χ3v) is 4.21. The molecule has 0 aliphatic heterocycles. The number of nitrogens with one attached hydrogen (secondary N) is 1. The van der Waals surface area contributed by atoms with Crippen LogP contribution in [0.3, 0.4) is 0 Å². The number of hydrogen-bond acceptors (Lipinski definition) is 1. The van der Waals surface area contributed by atoms with Crippen LogP contribution in [0.5, 0.6) is 0 Å². The van der Waals surface area contributed by atoms with Crippen molar-refractivity contribution in [2.75, 3.05) is 0 Å². The number of fused-ring (bicyclic) bond motifs is 1. The van der Waals surface area contributed by atoms with Gasteiger partial charge in [0.2, 0.25) is 0 Å². The molecule has 0 saturated heterocycles. The molecule has 0 spiro atoms. The predicted molar refractivity (Wildman–Crippen MR) is 80.2 cm³/mol. The monoisotopic (exact) mass is 269 g/mol. The maximum atomic E-state index is 13.2. The number of aryl methyl sites for hydroxylation is 2. The lowest BCUT2D eigenvalue weighted by molar-refractivity contribution is 0.465. The maximum Gasteiger partial charge on any atom is 0.123 e. The molecular weight excluding hydrogens is 249 g/mol. The van der Waals surface area contributed by atoms with Crippen molar-refractivity contribution >= 4 is 0 Å². The van der Waals surface area contributed by atoms with Crippen LogP contribution in [0.25, 0.3) is 0 Å². The average Bonchev–Trinajstić information content (AvgIpc) is 2.81. The van der Waals surface area contributed by atoms with Crippen molar-refractivity contribution in [2.24, 2.45) is 0 Å². The Balaban J connectivity index is 1.75. The van der Waals surface area contributed by atoms with Gasteiger partial charge in [-0.15, -0.1) is 0 Å². The molecule has 1 unspecified atom stereocenters. The summed E-state index contributed by atoms with van der Waals surface area (Å²) in [5.41, 5.74) is 4.98. The van der Waals surface area contributed by atoms with E-state index in [-0.39, 0.29) is 5.82 Å². The molecule has 2 aromatic carbocycles. The SMILES string of the molecule is Cc1ccc([C@@H](C)NC2CCc3cc(F)ccc32)cc1. The van der Waals surface area contributed by atoms with Gasteiger partial charge in [-0.1, -0.05) is 35.9 Å². The molecule has 1 aliphatic rings. The summed E-state index contributed by atoms with van der Waals surface area (Å²) in [6.07, 6.45) is 2.01. The molecule has 0 saturated carbocycles. The first-order valence-electron chi connectivity index (χ1n) is 7.24. The minimum Gasteiger partial charge on any atom is -0.303 e. The molecule has 1 aliphatic carbocycles. The lowest BCUT2D eigenvalue weighted by Gasteiger charge is -2.21. The van der Waals surface area contributed by atoms with E-state index in [2.05, 4.69) is 43.4 Å². The van der Waals surface area contributed by atoms with Crippen molar-refractivity contribution < 1.29 is 4.39 Å². The lowest BCUT2D eigenvalue weighted by Crippen LogP contribution is -2.23. The highest BCUT2D eigenvalue weighted by Crippen LogP contribution is 2.33. The first-order valence-corrected chi connectivity index (χ1v) is 7.24. The molecule has 1 nitrogen and oxygen atoms in total. The molecule has 104 valence electrons. The molecule has 0 fully saturated rings. The summed E-state index contributed by atoms with van der Waals surface area (Å²) in [5, 5.41) is 3.67. The van der Waals surface area contributed by atoms with Gasteiger partial charge in [-0.3, -0.25) is 0 Å². The molecular formula is C18H20FN. The Hall–Kier alpha value is -1.67. The molecule has 2 atom stereocenters. The number of benzene rings is 2. The van der Waals surface area contributed by atoms with Crippen LogP contribution in [-0.2, 0) is 6.42 Å². The van der Waals surface area contributed by atoms with Crippen molar-refractivity contribution in [3.8, 4) is 0 Å². The van der Waals surface area contributed by atoms with Crippen LogP contribution in [0.15, 0.2) is 42.5 Å². The molecule has 0 amide bonds. The molecule has 0 bridgehead atoms. The van der Waals surface area contributed by atoms with E-state index in [0.717, 1.165) is 18.4 Å². The van der Waals surface area contributed by atoms with E-state index in [1.165, 1.54) is 16.7 Å². The fourth-order valence-corrected chi connectivity index (χ4v) is 3.01. The van der Waals surface area contributed by atoms with Crippen molar-refractivity contribution in [2.45, 2.75) is 38.8 Å². The van der Waals surface area contributed by atoms with Crippen molar-refractivity contribution in [1.29, 1.82) is 0 Å². The van der Waals surface area contributed by atoms with Crippen LogP contribution in [0, 0.1) is 12.7 Å². The largest absolute Gasteiger partial charge is 0.303 e. The second-order valence-electron chi connectivity index (χ2n) is 5.73. The van der Waals surface area contributed by atoms with E-state index >= 15 is 0 Å². The molecule has 1 N–H and O–H groups in total. The second-order valence-corrected chi connectivity index (χ2v) is 5.73. The van der Waals surface area contributed by atoms with Gasteiger partial charge in [-0.25, -0.2) is 4.39 Å². The number of halogens is 1. The number of rotatable bonds is 3. The highest BCUT2D eigenvalue weighted by Gasteiger charge is 2.24. The summed E-state index contributed by atoms with van der Waals surface area (Å²) in [6.45, 7) is 4.29. The van der Waals surface area contributed by atoms with Gasteiger partial charge < -0.3 is 5.32 Å². The summed E-state index contributed by atoms with van der Waals surface area (Å²) >= 11 is 0. The van der Waals surface area contributed by atoms with Crippen molar-refractivity contribution in [3.05, 3.63) is 70.5 Å². The fraction of sp³-hybridized carbons (Fsp3) is 0.333. The highest BCUT2D eigenvalue weighted by molar-refractivity contribution is 5.35. The topological polar surface area (TPSA) is 12.0 Å². The molecule has 0 radical (unpaired) electrons. The second kappa shape index (κ2) is 5.37. The minimum absolute atomic E-state index is 0.129. The van der Waals surface area contributed by atoms with Gasteiger partial charge in [0, 0.05) is 12.1 Å². The Morgan fingerprint density at radius 2 is 1.90 bits per heavy atom. The van der Waals surface area contributed by atoms with Crippen LogP contribution in [0.1, 0.15) is 47.7 Å². The Kier molecular flexibility index (Phi) is 3.58. The first kappa shape index (κ1) is 13.3. The lowest BCUT2D eigenvalue weighted by atomic mass is 10.0.